The van der Waals surface area contributed by atoms with E-state index >= 15 is 0 Å². The van der Waals surface area contributed by atoms with Gasteiger partial charge in [0.15, 0.2) is 0 Å². The van der Waals surface area contributed by atoms with Crippen LogP contribution in [0.5, 0.6) is 0 Å². The molecule has 0 N–H and O–H groups in total. The standard InChI is InChI=1S/C18H25N3O2/c1-12-7-13(2)9-21(8-12)18(23)16-11-20(14(3)22)10-15-5-4-6-19-17(15)16/h4-6,12-13,16H,7-11H2,1-3H3. The summed E-state index contributed by atoms with van der Waals surface area (Å²) in [6, 6.07) is 3.84. The van der Waals surface area contributed by atoms with Crippen LogP contribution in [0.15, 0.2) is 18.3 Å². The lowest BCUT2D eigenvalue weighted by molar-refractivity contribution is -0.138. The molecule has 1 aromatic rings. The van der Waals surface area contributed by atoms with E-state index in [4.69, 9.17) is 0 Å². The van der Waals surface area contributed by atoms with E-state index in [-0.39, 0.29) is 17.7 Å². The summed E-state index contributed by atoms with van der Waals surface area (Å²) in [6.07, 6.45) is 2.91. The minimum absolute atomic E-state index is 0.0117. The fourth-order valence-electron chi connectivity index (χ4n) is 3.97. The number of rotatable bonds is 1. The van der Waals surface area contributed by atoms with E-state index in [0.717, 1.165) is 24.3 Å². The number of carbonyl (C=O) groups excluding carboxylic acids is 2. The van der Waals surface area contributed by atoms with Gasteiger partial charge in [-0.2, -0.15) is 0 Å². The van der Waals surface area contributed by atoms with Crippen molar-refractivity contribution >= 4 is 11.8 Å². The number of hydrogen-bond acceptors (Lipinski definition) is 3. The Labute approximate surface area is 137 Å². The average Bonchev–Trinajstić information content (AvgIpc) is 2.52. The topological polar surface area (TPSA) is 53.5 Å². The molecule has 3 unspecified atom stereocenters. The van der Waals surface area contributed by atoms with Gasteiger partial charge in [-0.25, -0.2) is 0 Å². The Bertz CT molecular complexity index is 606. The maximum atomic E-state index is 13.1. The smallest absolute Gasteiger partial charge is 0.233 e. The number of likely N-dealkylation sites (tertiary alicyclic amines) is 1. The zero-order valence-corrected chi connectivity index (χ0v) is 14.2. The lowest BCUT2D eigenvalue weighted by atomic mass is 9.88. The second-order valence-electron chi connectivity index (χ2n) is 7.19. The van der Waals surface area contributed by atoms with E-state index < -0.39 is 0 Å². The minimum atomic E-state index is -0.332. The number of piperidine rings is 1. The van der Waals surface area contributed by atoms with Gasteiger partial charge in [-0.1, -0.05) is 19.9 Å². The number of carbonyl (C=O) groups is 2. The van der Waals surface area contributed by atoms with E-state index in [2.05, 4.69) is 18.8 Å². The second-order valence-corrected chi connectivity index (χ2v) is 7.19. The quantitative estimate of drug-likeness (QED) is 0.797. The summed E-state index contributed by atoms with van der Waals surface area (Å²) in [7, 11) is 0. The van der Waals surface area contributed by atoms with Crippen LogP contribution < -0.4 is 0 Å². The molecule has 3 heterocycles. The maximum Gasteiger partial charge on any atom is 0.233 e. The monoisotopic (exact) mass is 315 g/mol. The molecule has 0 spiro atoms. The van der Waals surface area contributed by atoms with Gasteiger partial charge in [-0.05, 0) is 29.9 Å². The van der Waals surface area contributed by atoms with Crippen LogP contribution in [0.2, 0.25) is 0 Å². The molecule has 124 valence electrons. The fourth-order valence-corrected chi connectivity index (χ4v) is 3.97. The van der Waals surface area contributed by atoms with Crippen molar-refractivity contribution < 1.29 is 9.59 Å². The molecule has 0 bridgehead atoms. The first kappa shape index (κ1) is 16.0. The number of amides is 2. The second kappa shape index (κ2) is 6.30. The van der Waals surface area contributed by atoms with Crippen molar-refractivity contribution in [3.05, 3.63) is 29.6 Å². The minimum Gasteiger partial charge on any atom is -0.342 e. The number of nitrogens with zero attached hydrogens (tertiary/aromatic N) is 3. The largest absolute Gasteiger partial charge is 0.342 e. The molecule has 0 radical (unpaired) electrons. The normalized spacial score (nSPS) is 27.5. The first-order valence-corrected chi connectivity index (χ1v) is 8.43. The molecule has 2 aliphatic rings. The highest BCUT2D eigenvalue weighted by Gasteiger charge is 2.37. The fraction of sp³-hybridized carbons (Fsp3) is 0.611. The van der Waals surface area contributed by atoms with E-state index in [1.165, 1.54) is 6.42 Å². The average molecular weight is 315 g/mol. The summed E-state index contributed by atoms with van der Waals surface area (Å²) in [5, 5.41) is 0. The Morgan fingerprint density at radius 3 is 2.48 bits per heavy atom. The van der Waals surface area contributed by atoms with Gasteiger partial charge in [0.2, 0.25) is 11.8 Å². The van der Waals surface area contributed by atoms with Gasteiger partial charge >= 0.3 is 0 Å². The van der Waals surface area contributed by atoms with Crippen molar-refractivity contribution in [2.45, 2.75) is 39.7 Å². The highest BCUT2D eigenvalue weighted by molar-refractivity contribution is 5.85. The number of hydrogen-bond donors (Lipinski definition) is 0. The Balaban J connectivity index is 1.88. The van der Waals surface area contributed by atoms with Gasteiger partial charge in [-0.15, -0.1) is 0 Å². The molecule has 0 aromatic carbocycles. The van der Waals surface area contributed by atoms with Crippen molar-refractivity contribution in [3.63, 3.8) is 0 Å². The number of fused-ring (bicyclic) bond motifs is 1. The molecular formula is C18H25N3O2. The molecule has 2 aliphatic heterocycles. The zero-order chi connectivity index (χ0) is 16.6. The third kappa shape index (κ3) is 3.23. The van der Waals surface area contributed by atoms with Gasteiger partial charge in [-0.3, -0.25) is 14.6 Å². The molecule has 3 rings (SSSR count). The number of pyridine rings is 1. The van der Waals surface area contributed by atoms with E-state index in [9.17, 15) is 9.59 Å². The van der Waals surface area contributed by atoms with Crippen LogP contribution in [-0.2, 0) is 16.1 Å². The lowest BCUT2D eigenvalue weighted by Crippen LogP contribution is -2.49. The van der Waals surface area contributed by atoms with Crippen molar-refractivity contribution in [1.82, 2.24) is 14.8 Å². The molecule has 1 aromatic heterocycles. The predicted molar refractivity (Wildman–Crippen MR) is 87.6 cm³/mol. The van der Waals surface area contributed by atoms with Crippen LogP contribution in [0, 0.1) is 11.8 Å². The van der Waals surface area contributed by atoms with Crippen LogP contribution in [0.1, 0.15) is 44.4 Å². The van der Waals surface area contributed by atoms with Crippen LogP contribution in [0.3, 0.4) is 0 Å². The van der Waals surface area contributed by atoms with Crippen molar-refractivity contribution in [3.8, 4) is 0 Å². The molecule has 5 nitrogen and oxygen atoms in total. The van der Waals surface area contributed by atoms with Gasteiger partial charge in [0.1, 0.15) is 0 Å². The maximum absolute atomic E-state index is 13.1. The molecule has 5 heteroatoms. The lowest BCUT2D eigenvalue weighted by Gasteiger charge is -2.39. The van der Waals surface area contributed by atoms with Crippen molar-refractivity contribution in [2.24, 2.45) is 11.8 Å². The highest BCUT2D eigenvalue weighted by atomic mass is 16.2. The van der Waals surface area contributed by atoms with Crippen molar-refractivity contribution in [2.75, 3.05) is 19.6 Å². The molecule has 3 atom stereocenters. The molecule has 0 saturated carbocycles. The molecule has 2 amide bonds. The van der Waals surface area contributed by atoms with Gasteiger partial charge in [0.05, 0.1) is 11.6 Å². The van der Waals surface area contributed by atoms with Crippen LogP contribution in [-0.4, -0.2) is 46.2 Å². The van der Waals surface area contributed by atoms with Gasteiger partial charge in [0, 0.05) is 39.3 Å². The Morgan fingerprint density at radius 1 is 1.13 bits per heavy atom. The van der Waals surface area contributed by atoms with E-state index in [1.807, 2.05) is 17.0 Å². The zero-order valence-electron chi connectivity index (χ0n) is 14.2. The van der Waals surface area contributed by atoms with Gasteiger partial charge in [0.25, 0.3) is 0 Å². The molecule has 1 fully saturated rings. The Hall–Kier alpha value is -1.91. The molecule has 23 heavy (non-hydrogen) atoms. The van der Waals surface area contributed by atoms with Crippen molar-refractivity contribution in [1.29, 1.82) is 0 Å². The highest BCUT2D eigenvalue weighted by Crippen LogP contribution is 2.30. The summed E-state index contributed by atoms with van der Waals surface area (Å²) in [5.41, 5.74) is 1.84. The molecule has 1 saturated heterocycles. The molecule has 0 aliphatic carbocycles. The number of aromatic nitrogens is 1. The van der Waals surface area contributed by atoms with Crippen LogP contribution in [0.25, 0.3) is 0 Å². The van der Waals surface area contributed by atoms with E-state index in [0.29, 0.717) is 24.9 Å². The third-order valence-corrected chi connectivity index (χ3v) is 4.94. The summed E-state index contributed by atoms with van der Waals surface area (Å²) >= 11 is 0. The Kier molecular flexibility index (Phi) is 4.37. The van der Waals surface area contributed by atoms with Crippen LogP contribution in [0.4, 0.5) is 0 Å². The summed E-state index contributed by atoms with van der Waals surface area (Å²) in [4.78, 5) is 33.2. The Morgan fingerprint density at radius 2 is 1.83 bits per heavy atom. The first-order valence-electron chi connectivity index (χ1n) is 8.43. The molecular weight excluding hydrogens is 290 g/mol. The first-order chi connectivity index (χ1) is 11.0. The summed E-state index contributed by atoms with van der Waals surface area (Å²) < 4.78 is 0. The SMILES string of the molecule is CC(=O)N1Cc2cccnc2C(C(=O)N2CC(C)CC(C)C2)C1. The van der Waals surface area contributed by atoms with Gasteiger partial charge < -0.3 is 9.80 Å². The third-order valence-electron chi connectivity index (χ3n) is 4.94. The van der Waals surface area contributed by atoms with Crippen LogP contribution >= 0.6 is 0 Å². The van der Waals surface area contributed by atoms with E-state index in [1.54, 1.807) is 18.0 Å². The summed E-state index contributed by atoms with van der Waals surface area (Å²) in [6.45, 7) is 8.57. The summed E-state index contributed by atoms with van der Waals surface area (Å²) in [5.74, 6) is 0.852. The predicted octanol–water partition coefficient (Wildman–Crippen LogP) is 2.03.